The molecule has 1 amide bonds. The Morgan fingerprint density at radius 2 is 1.64 bits per heavy atom. The van der Waals surface area contributed by atoms with E-state index < -0.39 is 6.09 Å². The van der Waals surface area contributed by atoms with Crippen LogP contribution >= 0.6 is 15.9 Å². The molecule has 0 aliphatic heterocycles. The largest absolute Gasteiger partial charge is 0.444 e. The SMILES string of the molecule is O=C(Nc1nc2cc(Br)ccc2n1Cc1ccccc1)OCc1ccccc1. The predicted molar refractivity (Wildman–Crippen MR) is 113 cm³/mol. The van der Waals surface area contributed by atoms with Gasteiger partial charge in [0.2, 0.25) is 5.95 Å². The Hall–Kier alpha value is -3.12. The molecule has 28 heavy (non-hydrogen) atoms. The number of fused-ring (bicyclic) bond motifs is 1. The third-order valence-corrected chi connectivity index (χ3v) is 4.81. The number of halogens is 1. The minimum absolute atomic E-state index is 0.205. The van der Waals surface area contributed by atoms with Crippen molar-refractivity contribution >= 4 is 39.0 Å². The van der Waals surface area contributed by atoms with Gasteiger partial charge in [-0.1, -0.05) is 76.6 Å². The number of benzene rings is 3. The Labute approximate surface area is 171 Å². The van der Waals surface area contributed by atoms with Gasteiger partial charge in [-0.25, -0.2) is 9.78 Å². The molecule has 3 aromatic carbocycles. The van der Waals surface area contributed by atoms with Crippen LogP contribution in [0.3, 0.4) is 0 Å². The summed E-state index contributed by atoms with van der Waals surface area (Å²) in [5.41, 5.74) is 3.78. The first-order chi connectivity index (χ1) is 13.7. The molecule has 0 radical (unpaired) electrons. The van der Waals surface area contributed by atoms with Crippen molar-refractivity contribution in [3.05, 3.63) is 94.5 Å². The van der Waals surface area contributed by atoms with Gasteiger partial charge < -0.3 is 9.30 Å². The van der Waals surface area contributed by atoms with Gasteiger partial charge in [0.15, 0.2) is 0 Å². The van der Waals surface area contributed by atoms with E-state index in [0.29, 0.717) is 12.5 Å². The Balaban J connectivity index is 1.58. The van der Waals surface area contributed by atoms with Crippen LogP contribution in [0.4, 0.5) is 10.7 Å². The van der Waals surface area contributed by atoms with Crippen LogP contribution < -0.4 is 5.32 Å². The van der Waals surface area contributed by atoms with Crippen molar-refractivity contribution in [2.45, 2.75) is 13.2 Å². The van der Waals surface area contributed by atoms with Gasteiger partial charge in [-0.2, -0.15) is 0 Å². The van der Waals surface area contributed by atoms with Crippen LogP contribution in [0.15, 0.2) is 83.3 Å². The summed E-state index contributed by atoms with van der Waals surface area (Å²) in [5.74, 6) is 0.454. The maximum atomic E-state index is 12.3. The van der Waals surface area contributed by atoms with Gasteiger partial charge in [-0.15, -0.1) is 0 Å². The minimum atomic E-state index is -0.535. The molecule has 0 unspecified atom stereocenters. The lowest BCUT2D eigenvalue weighted by Gasteiger charge is -2.11. The number of amides is 1. The van der Waals surface area contributed by atoms with Crippen LogP contribution in [0.5, 0.6) is 0 Å². The summed E-state index contributed by atoms with van der Waals surface area (Å²) in [6.07, 6.45) is -0.535. The normalized spacial score (nSPS) is 10.8. The highest BCUT2D eigenvalue weighted by Crippen LogP contribution is 2.24. The van der Waals surface area contributed by atoms with Crippen LogP contribution in [-0.2, 0) is 17.9 Å². The predicted octanol–water partition coefficient (Wildman–Crippen LogP) is 5.60. The van der Waals surface area contributed by atoms with Gasteiger partial charge in [-0.05, 0) is 29.3 Å². The van der Waals surface area contributed by atoms with Crippen LogP contribution in [0.1, 0.15) is 11.1 Å². The summed E-state index contributed by atoms with van der Waals surface area (Å²) in [6, 6.07) is 25.5. The molecule has 4 aromatic rings. The molecule has 1 aromatic heterocycles. The summed E-state index contributed by atoms with van der Waals surface area (Å²) in [5, 5.41) is 2.79. The van der Waals surface area contributed by atoms with Crippen molar-refractivity contribution in [2.24, 2.45) is 0 Å². The average Bonchev–Trinajstić information content (AvgIpc) is 3.04. The zero-order chi connectivity index (χ0) is 19.3. The zero-order valence-electron chi connectivity index (χ0n) is 15.0. The molecule has 0 saturated heterocycles. The lowest BCUT2D eigenvalue weighted by molar-refractivity contribution is 0.155. The van der Waals surface area contributed by atoms with Crippen molar-refractivity contribution in [1.29, 1.82) is 0 Å². The Bertz CT molecular complexity index is 1090. The monoisotopic (exact) mass is 435 g/mol. The molecule has 5 nitrogen and oxygen atoms in total. The Morgan fingerprint density at radius 3 is 2.36 bits per heavy atom. The van der Waals surface area contributed by atoms with E-state index in [1.807, 2.05) is 83.4 Å². The van der Waals surface area contributed by atoms with E-state index in [2.05, 4.69) is 26.2 Å². The first kappa shape index (κ1) is 18.3. The van der Waals surface area contributed by atoms with E-state index in [0.717, 1.165) is 26.6 Å². The topological polar surface area (TPSA) is 56.2 Å². The number of rotatable bonds is 5. The van der Waals surface area contributed by atoms with Gasteiger partial charge in [0.1, 0.15) is 6.61 Å². The molecule has 0 bridgehead atoms. The molecule has 0 saturated carbocycles. The lowest BCUT2D eigenvalue weighted by atomic mass is 10.2. The summed E-state index contributed by atoms with van der Waals surface area (Å²) in [4.78, 5) is 16.9. The molecule has 0 aliphatic rings. The number of hydrogen-bond donors (Lipinski definition) is 1. The van der Waals surface area contributed by atoms with E-state index in [4.69, 9.17) is 4.74 Å². The van der Waals surface area contributed by atoms with Crippen LogP contribution in [-0.4, -0.2) is 15.6 Å². The second kappa shape index (κ2) is 8.27. The number of ether oxygens (including phenoxy) is 1. The fourth-order valence-corrected chi connectivity index (χ4v) is 3.32. The molecule has 0 fully saturated rings. The molecular weight excluding hydrogens is 418 g/mol. The fourth-order valence-electron chi connectivity index (χ4n) is 2.97. The number of nitrogens with one attached hydrogen (secondary N) is 1. The molecule has 6 heteroatoms. The van der Waals surface area contributed by atoms with Gasteiger partial charge in [0.25, 0.3) is 0 Å². The quantitative estimate of drug-likeness (QED) is 0.444. The van der Waals surface area contributed by atoms with E-state index >= 15 is 0 Å². The second-order valence-corrected chi connectivity index (χ2v) is 7.24. The van der Waals surface area contributed by atoms with Crippen molar-refractivity contribution < 1.29 is 9.53 Å². The maximum Gasteiger partial charge on any atom is 0.414 e. The molecule has 4 rings (SSSR count). The first-order valence-electron chi connectivity index (χ1n) is 8.86. The Kier molecular flexibility index (Phi) is 5.39. The first-order valence-corrected chi connectivity index (χ1v) is 9.66. The number of hydrogen-bond acceptors (Lipinski definition) is 3. The molecular formula is C22H18BrN3O2. The number of nitrogens with zero attached hydrogens (tertiary/aromatic N) is 2. The maximum absolute atomic E-state index is 12.3. The average molecular weight is 436 g/mol. The van der Waals surface area contributed by atoms with Crippen LogP contribution in [0.25, 0.3) is 11.0 Å². The summed E-state index contributed by atoms with van der Waals surface area (Å²) in [7, 11) is 0. The number of carbonyl (C=O) groups is 1. The molecule has 0 aliphatic carbocycles. The molecule has 0 atom stereocenters. The second-order valence-electron chi connectivity index (χ2n) is 6.33. The van der Waals surface area contributed by atoms with E-state index in [-0.39, 0.29) is 6.61 Å². The third kappa shape index (κ3) is 4.23. The van der Waals surface area contributed by atoms with Crippen molar-refractivity contribution in [3.63, 3.8) is 0 Å². The van der Waals surface area contributed by atoms with Crippen molar-refractivity contribution in [2.75, 3.05) is 5.32 Å². The van der Waals surface area contributed by atoms with Crippen molar-refractivity contribution in [1.82, 2.24) is 9.55 Å². The van der Waals surface area contributed by atoms with Gasteiger partial charge >= 0.3 is 6.09 Å². The van der Waals surface area contributed by atoms with E-state index in [9.17, 15) is 4.79 Å². The highest BCUT2D eigenvalue weighted by Gasteiger charge is 2.15. The highest BCUT2D eigenvalue weighted by molar-refractivity contribution is 9.10. The van der Waals surface area contributed by atoms with Crippen LogP contribution in [0.2, 0.25) is 0 Å². The standard InChI is InChI=1S/C22H18BrN3O2/c23-18-11-12-20-19(13-18)24-21(26(20)14-16-7-3-1-4-8-16)25-22(27)28-15-17-9-5-2-6-10-17/h1-13H,14-15H2,(H,24,25,27). The summed E-state index contributed by atoms with van der Waals surface area (Å²) < 4.78 is 8.25. The Morgan fingerprint density at radius 1 is 0.964 bits per heavy atom. The van der Waals surface area contributed by atoms with E-state index in [1.54, 1.807) is 0 Å². The van der Waals surface area contributed by atoms with Gasteiger partial charge in [0.05, 0.1) is 17.6 Å². The lowest BCUT2D eigenvalue weighted by Crippen LogP contribution is -2.17. The zero-order valence-corrected chi connectivity index (χ0v) is 16.6. The molecule has 1 N–H and O–H groups in total. The van der Waals surface area contributed by atoms with E-state index in [1.165, 1.54) is 0 Å². The summed E-state index contributed by atoms with van der Waals surface area (Å²) >= 11 is 3.47. The fraction of sp³-hybridized carbons (Fsp3) is 0.0909. The summed E-state index contributed by atoms with van der Waals surface area (Å²) in [6.45, 7) is 0.796. The third-order valence-electron chi connectivity index (χ3n) is 4.32. The number of anilines is 1. The minimum Gasteiger partial charge on any atom is -0.444 e. The van der Waals surface area contributed by atoms with Gasteiger partial charge in [-0.3, -0.25) is 5.32 Å². The molecule has 1 heterocycles. The van der Waals surface area contributed by atoms with Crippen molar-refractivity contribution in [3.8, 4) is 0 Å². The number of imidazole rings is 1. The molecule has 0 spiro atoms. The number of aromatic nitrogens is 2. The number of carbonyl (C=O) groups excluding carboxylic acids is 1. The van der Waals surface area contributed by atoms with Crippen LogP contribution in [0, 0.1) is 0 Å². The highest BCUT2D eigenvalue weighted by atomic mass is 79.9. The molecule has 140 valence electrons. The smallest absolute Gasteiger partial charge is 0.414 e. The van der Waals surface area contributed by atoms with Gasteiger partial charge in [0, 0.05) is 4.47 Å².